The standard InChI is InChI=1S/C13H13BrN4O2/c1-8-7-9(3-4-10(8)14)11-15-16-17-18(11)13(12(19)20)5-2-6-13/h3-4,7H,2,5-6H2,1H3,(H,19,20). The number of hydrogen-bond acceptors (Lipinski definition) is 4. The zero-order chi connectivity index (χ0) is 14.3. The minimum Gasteiger partial charge on any atom is -0.479 e. The lowest BCUT2D eigenvalue weighted by molar-refractivity contribution is -0.153. The molecule has 1 aliphatic rings. The Bertz CT molecular complexity index is 679. The zero-order valence-corrected chi connectivity index (χ0v) is 12.5. The first kappa shape index (κ1) is 13.2. The van der Waals surface area contributed by atoms with Gasteiger partial charge in [-0.25, -0.2) is 9.48 Å². The first-order valence-electron chi connectivity index (χ1n) is 6.33. The Morgan fingerprint density at radius 1 is 1.45 bits per heavy atom. The van der Waals surface area contributed by atoms with Crippen molar-refractivity contribution in [2.45, 2.75) is 31.7 Å². The van der Waals surface area contributed by atoms with Gasteiger partial charge in [-0.3, -0.25) is 0 Å². The van der Waals surface area contributed by atoms with Crippen LogP contribution in [0.2, 0.25) is 0 Å². The summed E-state index contributed by atoms with van der Waals surface area (Å²) >= 11 is 3.45. The summed E-state index contributed by atoms with van der Waals surface area (Å²) in [6.45, 7) is 1.97. The largest absolute Gasteiger partial charge is 0.479 e. The van der Waals surface area contributed by atoms with Crippen LogP contribution < -0.4 is 0 Å². The summed E-state index contributed by atoms with van der Waals surface area (Å²) in [5.74, 6) is -0.367. The lowest BCUT2D eigenvalue weighted by Crippen LogP contribution is -2.48. The molecule has 0 bridgehead atoms. The molecular weight excluding hydrogens is 324 g/mol. The summed E-state index contributed by atoms with van der Waals surface area (Å²) in [5, 5.41) is 21.1. The van der Waals surface area contributed by atoms with E-state index in [1.165, 1.54) is 4.68 Å². The number of aromatic nitrogens is 4. The minimum atomic E-state index is -0.986. The molecule has 0 radical (unpaired) electrons. The fourth-order valence-corrected chi connectivity index (χ4v) is 2.71. The van der Waals surface area contributed by atoms with Crippen molar-refractivity contribution in [1.29, 1.82) is 0 Å². The van der Waals surface area contributed by atoms with Gasteiger partial charge < -0.3 is 5.11 Å². The van der Waals surface area contributed by atoms with Gasteiger partial charge in [0.05, 0.1) is 0 Å². The monoisotopic (exact) mass is 336 g/mol. The summed E-state index contributed by atoms with van der Waals surface area (Å²) < 4.78 is 2.46. The molecule has 3 rings (SSSR count). The Kier molecular flexibility index (Phi) is 3.08. The van der Waals surface area contributed by atoms with Gasteiger partial charge in [0.15, 0.2) is 11.4 Å². The van der Waals surface area contributed by atoms with Crippen LogP contribution in [0.3, 0.4) is 0 Å². The summed E-state index contributed by atoms with van der Waals surface area (Å²) in [5.41, 5.74) is 0.887. The lowest BCUT2D eigenvalue weighted by atomic mass is 9.76. The van der Waals surface area contributed by atoms with E-state index >= 15 is 0 Å². The lowest BCUT2D eigenvalue weighted by Gasteiger charge is -2.37. The average Bonchev–Trinajstić information content (AvgIpc) is 2.80. The van der Waals surface area contributed by atoms with Crippen molar-refractivity contribution in [3.63, 3.8) is 0 Å². The van der Waals surface area contributed by atoms with Gasteiger partial charge in [0.2, 0.25) is 0 Å². The number of carbonyl (C=O) groups is 1. The van der Waals surface area contributed by atoms with Crippen LogP contribution in [-0.2, 0) is 10.3 Å². The molecule has 1 saturated carbocycles. The van der Waals surface area contributed by atoms with Crippen LogP contribution in [0.4, 0.5) is 0 Å². The minimum absolute atomic E-state index is 0.503. The van der Waals surface area contributed by atoms with Crippen LogP contribution in [-0.4, -0.2) is 31.3 Å². The van der Waals surface area contributed by atoms with E-state index in [2.05, 4.69) is 31.5 Å². The van der Waals surface area contributed by atoms with Crippen molar-refractivity contribution in [3.05, 3.63) is 28.2 Å². The predicted octanol–water partition coefficient (Wildman–Crippen LogP) is 2.37. The summed E-state index contributed by atoms with van der Waals surface area (Å²) in [4.78, 5) is 11.6. The van der Waals surface area contributed by atoms with Gasteiger partial charge in [0, 0.05) is 10.0 Å². The second-order valence-corrected chi connectivity index (χ2v) is 5.92. The highest BCUT2D eigenvalue weighted by atomic mass is 79.9. The van der Waals surface area contributed by atoms with E-state index in [0.717, 1.165) is 22.0 Å². The number of rotatable bonds is 3. The summed E-state index contributed by atoms with van der Waals surface area (Å²) in [6, 6.07) is 5.74. The predicted molar refractivity (Wildman–Crippen MR) is 75.2 cm³/mol. The molecule has 0 unspecified atom stereocenters. The second-order valence-electron chi connectivity index (χ2n) is 5.07. The van der Waals surface area contributed by atoms with E-state index in [4.69, 9.17) is 0 Å². The van der Waals surface area contributed by atoms with Crippen LogP contribution in [0.1, 0.15) is 24.8 Å². The number of tetrazole rings is 1. The summed E-state index contributed by atoms with van der Waals surface area (Å²) in [6.07, 6.45) is 2.01. The van der Waals surface area contributed by atoms with Crippen LogP contribution in [0.15, 0.2) is 22.7 Å². The Hall–Kier alpha value is -1.76. The number of halogens is 1. The molecule has 0 saturated heterocycles. The van der Waals surface area contributed by atoms with Crippen molar-refractivity contribution < 1.29 is 9.90 Å². The van der Waals surface area contributed by atoms with Gasteiger partial charge in [-0.05, 0) is 60.4 Å². The molecule has 1 aromatic carbocycles. The highest BCUT2D eigenvalue weighted by molar-refractivity contribution is 9.10. The van der Waals surface area contributed by atoms with Gasteiger partial charge in [-0.1, -0.05) is 15.9 Å². The first-order chi connectivity index (χ1) is 9.54. The maximum absolute atomic E-state index is 11.6. The van der Waals surface area contributed by atoms with Gasteiger partial charge in [-0.15, -0.1) is 5.10 Å². The Balaban J connectivity index is 2.10. The number of aliphatic carboxylic acids is 1. The molecule has 20 heavy (non-hydrogen) atoms. The average molecular weight is 337 g/mol. The van der Waals surface area contributed by atoms with Gasteiger partial charge in [0.25, 0.3) is 0 Å². The van der Waals surface area contributed by atoms with Crippen molar-refractivity contribution >= 4 is 21.9 Å². The quantitative estimate of drug-likeness (QED) is 0.930. The number of nitrogens with zero attached hydrogens (tertiary/aromatic N) is 4. The van der Waals surface area contributed by atoms with Crippen molar-refractivity contribution in [1.82, 2.24) is 20.2 Å². The van der Waals surface area contributed by atoms with Crippen molar-refractivity contribution in [2.75, 3.05) is 0 Å². The number of aryl methyl sites for hydroxylation is 1. The molecule has 1 aromatic heterocycles. The molecule has 0 spiro atoms. The maximum atomic E-state index is 11.6. The molecular formula is C13H13BrN4O2. The second kappa shape index (κ2) is 4.66. The molecule has 104 valence electrons. The van der Waals surface area contributed by atoms with Gasteiger partial charge in [0.1, 0.15) is 0 Å². The maximum Gasteiger partial charge on any atom is 0.331 e. The Morgan fingerprint density at radius 2 is 2.20 bits per heavy atom. The third-order valence-corrected chi connectivity index (χ3v) is 4.76. The first-order valence-corrected chi connectivity index (χ1v) is 7.13. The molecule has 0 aliphatic heterocycles. The number of benzene rings is 1. The fraction of sp³-hybridized carbons (Fsp3) is 0.385. The van der Waals surface area contributed by atoms with E-state index in [9.17, 15) is 9.90 Å². The SMILES string of the molecule is Cc1cc(-c2nnnn2C2(C(=O)O)CCC2)ccc1Br. The van der Waals surface area contributed by atoms with Crippen molar-refractivity contribution in [3.8, 4) is 11.4 Å². The molecule has 0 atom stereocenters. The third-order valence-electron chi connectivity index (χ3n) is 3.87. The third kappa shape index (κ3) is 1.84. The molecule has 1 aliphatic carbocycles. The number of carboxylic acid groups (broad SMARTS) is 1. The number of carboxylic acids is 1. The number of hydrogen-bond donors (Lipinski definition) is 1. The van der Waals surface area contributed by atoms with Crippen LogP contribution in [0, 0.1) is 6.92 Å². The van der Waals surface area contributed by atoms with Gasteiger partial charge in [-0.2, -0.15) is 0 Å². The molecule has 0 amide bonds. The van der Waals surface area contributed by atoms with E-state index in [1.807, 2.05) is 25.1 Å². The highest BCUT2D eigenvalue weighted by Gasteiger charge is 2.49. The summed E-state index contributed by atoms with van der Waals surface area (Å²) in [7, 11) is 0. The highest BCUT2D eigenvalue weighted by Crippen LogP contribution is 2.41. The molecule has 2 aromatic rings. The molecule has 7 heteroatoms. The fourth-order valence-electron chi connectivity index (χ4n) is 2.47. The molecule has 1 N–H and O–H groups in total. The van der Waals surface area contributed by atoms with Crippen LogP contribution in [0.25, 0.3) is 11.4 Å². The van der Waals surface area contributed by atoms with Crippen LogP contribution in [0.5, 0.6) is 0 Å². The van der Waals surface area contributed by atoms with E-state index in [1.54, 1.807) is 0 Å². The van der Waals surface area contributed by atoms with E-state index < -0.39 is 11.5 Å². The molecule has 1 fully saturated rings. The van der Waals surface area contributed by atoms with E-state index in [0.29, 0.717) is 18.7 Å². The topological polar surface area (TPSA) is 80.9 Å². The smallest absolute Gasteiger partial charge is 0.331 e. The van der Waals surface area contributed by atoms with E-state index in [-0.39, 0.29) is 0 Å². The molecule has 6 nitrogen and oxygen atoms in total. The normalized spacial score (nSPS) is 16.7. The van der Waals surface area contributed by atoms with Crippen molar-refractivity contribution in [2.24, 2.45) is 0 Å². The Morgan fingerprint density at radius 3 is 2.75 bits per heavy atom. The zero-order valence-electron chi connectivity index (χ0n) is 10.9. The molecule has 1 heterocycles. The Labute approximate surface area is 123 Å². The van der Waals surface area contributed by atoms with Gasteiger partial charge >= 0.3 is 5.97 Å². The van der Waals surface area contributed by atoms with Crippen LogP contribution >= 0.6 is 15.9 Å².